The Morgan fingerprint density at radius 3 is 2.67 bits per heavy atom. The number of hydrogen-bond acceptors (Lipinski definition) is 6. The summed E-state index contributed by atoms with van der Waals surface area (Å²) in [4.78, 5) is 58.0. The number of imide groups is 1. The minimum absolute atomic E-state index is 0.194. The van der Waals surface area contributed by atoms with Gasteiger partial charge in [-0.15, -0.1) is 0 Å². The van der Waals surface area contributed by atoms with Crippen LogP contribution in [-0.4, -0.2) is 58.5 Å². The lowest BCUT2D eigenvalue weighted by Gasteiger charge is -2.29. The van der Waals surface area contributed by atoms with E-state index >= 15 is 0 Å². The molecular weight excluding hydrogens is 482 g/mol. The van der Waals surface area contributed by atoms with Gasteiger partial charge in [0.15, 0.2) is 0 Å². The molecule has 9 nitrogen and oxygen atoms in total. The van der Waals surface area contributed by atoms with Crippen LogP contribution in [0.1, 0.15) is 69.3 Å². The Bertz CT molecular complexity index is 1260. The van der Waals surface area contributed by atoms with Crippen LogP contribution in [0.3, 0.4) is 0 Å². The molecule has 2 fully saturated rings. The maximum atomic E-state index is 13.2. The van der Waals surface area contributed by atoms with Gasteiger partial charge < -0.3 is 15.1 Å². The second kappa shape index (κ2) is 9.63. The standard InChI is InChI=1S/C26H28ClN5O4/c1-31(2)12-14-9-19(27)23(28-11-14)22(15-3-4-15)30-24(34)16-5-6-18-17(10-16)13-32(26(18)36)20-7-8-21(33)29-25(20)35/h5-6,9-11,15,20,22H,3-4,7-8,12-13H2,1-2H3,(H,30,34)(H,29,33,35)/t20-,22-/m0/s1. The molecule has 3 heterocycles. The molecule has 2 atom stereocenters. The number of nitrogens with zero attached hydrogens (tertiary/aromatic N) is 3. The highest BCUT2D eigenvalue weighted by Gasteiger charge is 2.40. The van der Waals surface area contributed by atoms with E-state index in [0.29, 0.717) is 33.8 Å². The highest BCUT2D eigenvalue weighted by Crippen LogP contribution is 2.42. The summed E-state index contributed by atoms with van der Waals surface area (Å²) < 4.78 is 0. The number of aromatic nitrogens is 1. The first-order valence-corrected chi connectivity index (χ1v) is 12.5. The van der Waals surface area contributed by atoms with Gasteiger partial charge in [0.1, 0.15) is 6.04 Å². The zero-order valence-corrected chi connectivity index (χ0v) is 21.0. The summed E-state index contributed by atoms with van der Waals surface area (Å²) in [5, 5.41) is 5.94. The molecule has 3 aliphatic rings. The molecule has 1 aromatic carbocycles. The predicted molar refractivity (Wildman–Crippen MR) is 132 cm³/mol. The highest BCUT2D eigenvalue weighted by atomic mass is 35.5. The van der Waals surface area contributed by atoms with Gasteiger partial charge in [-0.05, 0) is 74.7 Å². The molecule has 2 aliphatic heterocycles. The number of hydrogen-bond donors (Lipinski definition) is 2. The Morgan fingerprint density at radius 2 is 2.00 bits per heavy atom. The summed E-state index contributed by atoms with van der Waals surface area (Å²) >= 11 is 6.58. The van der Waals surface area contributed by atoms with Crippen LogP contribution >= 0.6 is 11.6 Å². The Balaban J connectivity index is 1.32. The number of carbonyl (C=O) groups is 4. The van der Waals surface area contributed by atoms with Crippen LogP contribution in [0.25, 0.3) is 0 Å². The number of halogens is 1. The lowest BCUT2D eigenvalue weighted by molar-refractivity contribution is -0.136. The van der Waals surface area contributed by atoms with Gasteiger partial charge >= 0.3 is 0 Å². The van der Waals surface area contributed by atoms with Crippen molar-refractivity contribution in [3.05, 3.63) is 63.4 Å². The molecule has 0 spiro atoms. The van der Waals surface area contributed by atoms with Crippen molar-refractivity contribution in [3.8, 4) is 0 Å². The molecule has 36 heavy (non-hydrogen) atoms. The number of benzene rings is 1. The molecule has 0 radical (unpaired) electrons. The first kappa shape index (κ1) is 24.4. The van der Waals surface area contributed by atoms with Crippen molar-refractivity contribution in [2.24, 2.45) is 5.92 Å². The molecule has 5 rings (SSSR count). The largest absolute Gasteiger partial charge is 0.343 e. The number of fused-ring (bicyclic) bond motifs is 1. The summed E-state index contributed by atoms with van der Waals surface area (Å²) in [7, 11) is 3.95. The number of amides is 4. The summed E-state index contributed by atoms with van der Waals surface area (Å²) in [5.41, 5.74) is 3.24. The van der Waals surface area contributed by atoms with E-state index in [1.54, 1.807) is 24.4 Å². The van der Waals surface area contributed by atoms with Crippen LogP contribution in [0.4, 0.5) is 0 Å². The molecule has 2 N–H and O–H groups in total. The van der Waals surface area contributed by atoms with Crippen molar-refractivity contribution in [3.63, 3.8) is 0 Å². The lowest BCUT2D eigenvalue weighted by Crippen LogP contribution is -2.52. The zero-order chi connectivity index (χ0) is 25.6. The van der Waals surface area contributed by atoms with Gasteiger partial charge in [-0.2, -0.15) is 0 Å². The van der Waals surface area contributed by atoms with E-state index < -0.39 is 11.9 Å². The third kappa shape index (κ3) is 4.85. The molecule has 1 aliphatic carbocycles. The van der Waals surface area contributed by atoms with E-state index in [4.69, 9.17) is 11.6 Å². The van der Waals surface area contributed by atoms with Gasteiger partial charge in [0.05, 0.1) is 16.8 Å². The van der Waals surface area contributed by atoms with E-state index in [1.165, 1.54) is 4.90 Å². The Kier molecular flexibility index (Phi) is 6.53. The third-order valence-electron chi connectivity index (χ3n) is 6.89. The van der Waals surface area contributed by atoms with Crippen molar-refractivity contribution in [1.82, 2.24) is 25.4 Å². The van der Waals surface area contributed by atoms with Crippen LogP contribution in [0.5, 0.6) is 0 Å². The molecule has 1 saturated carbocycles. The van der Waals surface area contributed by atoms with Gasteiger partial charge in [-0.3, -0.25) is 29.5 Å². The van der Waals surface area contributed by atoms with E-state index in [2.05, 4.69) is 15.6 Å². The molecule has 188 valence electrons. The van der Waals surface area contributed by atoms with Crippen molar-refractivity contribution in [2.75, 3.05) is 14.1 Å². The van der Waals surface area contributed by atoms with Gasteiger partial charge in [-0.1, -0.05) is 11.6 Å². The number of piperidine rings is 1. The Labute approximate surface area is 214 Å². The number of rotatable bonds is 7. The molecule has 1 saturated heterocycles. The van der Waals surface area contributed by atoms with E-state index in [1.807, 2.05) is 25.1 Å². The fourth-order valence-corrected chi connectivity index (χ4v) is 5.25. The predicted octanol–water partition coefficient (Wildman–Crippen LogP) is 2.44. The zero-order valence-electron chi connectivity index (χ0n) is 20.2. The monoisotopic (exact) mass is 509 g/mol. The van der Waals surface area contributed by atoms with E-state index in [-0.39, 0.29) is 42.6 Å². The number of pyridine rings is 1. The molecule has 0 bridgehead atoms. The van der Waals surface area contributed by atoms with Crippen LogP contribution in [-0.2, 0) is 22.7 Å². The quantitative estimate of drug-likeness (QED) is 0.554. The average molecular weight is 510 g/mol. The summed E-state index contributed by atoms with van der Waals surface area (Å²) in [6, 6.07) is 5.87. The second-order valence-corrected chi connectivity index (χ2v) is 10.4. The first-order chi connectivity index (χ1) is 17.2. The summed E-state index contributed by atoms with van der Waals surface area (Å²) in [6.45, 7) is 0.936. The minimum Gasteiger partial charge on any atom is -0.343 e. The van der Waals surface area contributed by atoms with Crippen molar-refractivity contribution < 1.29 is 19.2 Å². The van der Waals surface area contributed by atoms with Crippen LogP contribution in [0.15, 0.2) is 30.5 Å². The topological polar surface area (TPSA) is 112 Å². The molecule has 0 unspecified atom stereocenters. The van der Waals surface area contributed by atoms with Gasteiger partial charge in [0.25, 0.3) is 11.8 Å². The number of nitrogens with one attached hydrogen (secondary N) is 2. The lowest BCUT2D eigenvalue weighted by atomic mass is 10.0. The fourth-order valence-electron chi connectivity index (χ4n) is 4.95. The summed E-state index contributed by atoms with van der Waals surface area (Å²) in [5.74, 6) is -1.05. The highest BCUT2D eigenvalue weighted by molar-refractivity contribution is 6.31. The van der Waals surface area contributed by atoms with Crippen molar-refractivity contribution in [2.45, 2.75) is 50.9 Å². The van der Waals surface area contributed by atoms with Crippen molar-refractivity contribution >= 4 is 35.2 Å². The Hall–Kier alpha value is -3.30. The summed E-state index contributed by atoms with van der Waals surface area (Å²) in [6.07, 6.45) is 4.26. The average Bonchev–Trinajstić information content (AvgIpc) is 3.61. The molecule has 10 heteroatoms. The SMILES string of the molecule is CN(C)Cc1cnc([C@@H](NC(=O)c2ccc3c(c2)CN([C@H]2CCC(=O)NC2=O)C3=O)C2CC2)c(Cl)c1. The normalized spacial score (nSPS) is 20.4. The van der Waals surface area contributed by atoms with Crippen LogP contribution in [0.2, 0.25) is 5.02 Å². The minimum atomic E-state index is -0.692. The third-order valence-corrected chi connectivity index (χ3v) is 7.19. The Morgan fingerprint density at radius 1 is 1.22 bits per heavy atom. The van der Waals surface area contributed by atoms with E-state index in [9.17, 15) is 19.2 Å². The maximum absolute atomic E-state index is 13.2. The molecule has 4 amide bonds. The second-order valence-electron chi connectivity index (χ2n) is 10.0. The smallest absolute Gasteiger partial charge is 0.255 e. The van der Waals surface area contributed by atoms with Gasteiger partial charge in [0.2, 0.25) is 11.8 Å². The van der Waals surface area contributed by atoms with E-state index in [0.717, 1.165) is 24.9 Å². The van der Waals surface area contributed by atoms with Crippen LogP contribution < -0.4 is 10.6 Å². The first-order valence-electron chi connectivity index (χ1n) is 12.1. The fraction of sp³-hybridized carbons (Fsp3) is 0.423. The number of carbonyl (C=O) groups excluding carboxylic acids is 4. The molecule has 2 aromatic rings. The van der Waals surface area contributed by atoms with Gasteiger partial charge in [-0.25, -0.2) is 0 Å². The maximum Gasteiger partial charge on any atom is 0.255 e. The van der Waals surface area contributed by atoms with Gasteiger partial charge in [0, 0.05) is 36.8 Å². The van der Waals surface area contributed by atoms with Crippen LogP contribution in [0, 0.1) is 5.92 Å². The molecular formula is C26H28ClN5O4. The van der Waals surface area contributed by atoms with Crippen molar-refractivity contribution in [1.29, 1.82) is 0 Å². The molecule has 1 aromatic heterocycles.